The van der Waals surface area contributed by atoms with E-state index in [9.17, 15) is 4.79 Å². The standard InChI is InChI=1S/C21H23NO2S/c23-20(16-7-4-5-8-16)22-13-14-25-21(22)17-9-6-12-19(15-17)24-18-10-2-1-3-11-18/h1-3,6,9-12,15-16,21H,4-5,7-8,13-14H2/t21-/m0/s1. The molecule has 0 spiro atoms. The molecule has 1 aliphatic carbocycles. The van der Waals surface area contributed by atoms with Crippen molar-refractivity contribution in [2.24, 2.45) is 5.92 Å². The zero-order valence-electron chi connectivity index (χ0n) is 14.3. The van der Waals surface area contributed by atoms with Crippen LogP contribution in [0, 0.1) is 5.92 Å². The average molecular weight is 353 g/mol. The highest BCUT2D eigenvalue weighted by Crippen LogP contribution is 2.41. The number of para-hydroxylation sites is 1. The maximum absolute atomic E-state index is 12.9. The molecule has 0 N–H and O–H groups in total. The Bertz CT molecular complexity index is 728. The number of carbonyl (C=O) groups excluding carboxylic acids is 1. The van der Waals surface area contributed by atoms with Crippen LogP contribution < -0.4 is 4.74 Å². The summed E-state index contributed by atoms with van der Waals surface area (Å²) >= 11 is 1.86. The monoisotopic (exact) mass is 353 g/mol. The highest BCUT2D eigenvalue weighted by Gasteiger charge is 2.35. The van der Waals surface area contributed by atoms with Crippen molar-refractivity contribution in [3.05, 3.63) is 60.2 Å². The summed E-state index contributed by atoms with van der Waals surface area (Å²) < 4.78 is 5.96. The molecule has 0 bridgehead atoms. The van der Waals surface area contributed by atoms with Crippen molar-refractivity contribution >= 4 is 17.7 Å². The third-order valence-corrected chi connectivity index (χ3v) is 6.26. The van der Waals surface area contributed by atoms with E-state index in [1.54, 1.807) is 0 Å². The van der Waals surface area contributed by atoms with E-state index in [-0.39, 0.29) is 11.3 Å². The van der Waals surface area contributed by atoms with Crippen molar-refractivity contribution in [3.63, 3.8) is 0 Å². The van der Waals surface area contributed by atoms with Gasteiger partial charge in [-0.05, 0) is 42.7 Å². The molecule has 3 nitrogen and oxygen atoms in total. The summed E-state index contributed by atoms with van der Waals surface area (Å²) in [6, 6.07) is 18.0. The molecule has 4 heteroatoms. The van der Waals surface area contributed by atoms with E-state index in [1.165, 1.54) is 12.8 Å². The number of hydrogen-bond acceptors (Lipinski definition) is 3. The molecule has 0 radical (unpaired) electrons. The number of ether oxygens (including phenoxy) is 1. The van der Waals surface area contributed by atoms with Crippen molar-refractivity contribution in [2.45, 2.75) is 31.1 Å². The van der Waals surface area contributed by atoms with Crippen molar-refractivity contribution in [2.75, 3.05) is 12.3 Å². The number of rotatable bonds is 4. The summed E-state index contributed by atoms with van der Waals surface area (Å²) in [5, 5.41) is 0.118. The first-order valence-electron chi connectivity index (χ1n) is 9.06. The Labute approximate surface area is 153 Å². The molecule has 2 aromatic carbocycles. The lowest BCUT2D eigenvalue weighted by Crippen LogP contribution is -2.34. The van der Waals surface area contributed by atoms with Crippen LogP contribution in [0.25, 0.3) is 0 Å². The zero-order chi connectivity index (χ0) is 17.1. The highest BCUT2D eigenvalue weighted by atomic mass is 32.2. The predicted octanol–water partition coefficient (Wildman–Crippen LogP) is 5.24. The van der Waals surface area contributed by atoms with Gasteiger partial charge in [-0.15, -0.1) is 11.8 Å². The van der Waals surface area contributed by atoms with Crippen LogP contribution in [0.2, 0.25) is 0 Å². The van der Waals surface area contributed by atoms with E-state index in [2.05, 4.69) is 17.0 Å². The molecule has 1 heterocycles. The number of amides is 1. The largest absolute Gasteiger partial charge is 0.457 e. The summed E-state index contributed by atoms with van der Waals surface area (Å²) in [6.07, 6.45) is 4.51. The Morgan fingerprint density at radius 1 is 1.00 bits per heavy atom. The summed E-state index contributed by atoms with van der Waals surface area (Å²) in [7, 11) is 0. The van der Waals surface area contributed by atoms with E-state index in [1.807, 2.05) is 54.2 Å². The van der Waals surface area contributed by atoms with E-state index in [0.29, 0.717) is 5.91 Å². The Hall–Kier alpha value is -1.94. The van der Waals surface area contributed by atoms with Gasteiger partial charge in [-0.25, -0.2) is 0 Å². The molecular formula is C21H23NO2S. The fraction of sp³-hybridized carbons (Fsp3) is 0.381. The zero-order valence-corrected chi connectivity index (χ0v) is 15.1. The van der Waals surface area contributed by atoms with Crippen LogP contribution in [-0.2, 0) is 4.79 Å². The molecule has 25 heavy (non-hydrogen) atoms. The molecule has 1 aliphatic heterocycles. The topological polar surface area (TPSA) is 29.5 Å². The maximum atomic E-state index is 12.9. The van der Waals surface area contributed by atoms with Crippen LogP contribution in [-0.4, -0.2) is 23.1 Å². The molecule has 0 unspecified atom stereocenters. The molecule has 130 valence electrons. The lowest BCUT2D eigenvalue weighted by atomic mass is 10.1. The molecule has 1 saturated heterocycles. The second-order valence-electron chi connectivity index (χ2n) is 6.72. The quantitative estimate of drug-likeness (QED) is 0.752. The number of carbonyl (C=O) groups is 1. The first-order valence-corrected chi connectivity index (χ1v) is 10.1. The van der Waals surface area contributed by atoms with Gasteiger partial charge in [0.2, 0.25) is 5.91 Å². The minimum Gasteiger partial charge on any atom is -0.457 e. The van der Waals surface area contributed by atoms with Crippen LogP contribution in [0.5, 0.6) is 11.5 Å². The van der Waals surface area contributed by atoms with Crippen molar-refractivity contribution in [3.8, 4) is 11.5 Å². The molecule has 2 fully saturated rings. The number of benzene rings is 2. The lowest BCUT2D eigenvalue weighted by molar-refractivity contribution is -0.135. The fourth-order valence-electron chi connectivity index (χ4n) is 3.74. The van der Waals surface area contributed by atoms with Gasteiger partial charge in [-0.1, -0.05) is 43.2 Å². The summed E-state index contributed by atoms with van der Waals surface area (Å²) in [4.78, 5) is 15.0. The van der Waals surface area contributed by atoms with E-state index < -0.39 is 0 Å². The molecule has 1 saturated carbocycles. The van der Waals surface area contributed by atoms with E-state index in [0.717, 1.165) is 42.2 Å². The van der Waals surface area contributed by atoms with Crippen LogP contribution in [0.15, 0.2) is 54.6 Å². The van der Waals surface area contributed by atoms with Gasteiger partial charge >= 0.3 is 0 Å². The summed E-state index contributed by atoms with van der Waals surface area (Å²) in [6.45, 7) is 0.856. The maximum Gasteiger partial charge on any atom is 0.226 e. The van der Waals surface area contributed by atoms with Crippen LogP contribution in [0.1, 0.15) is 36.6 Å². The SMILES string of the molecule is O=C(C1CCCC1)N1CCS[C@H]1c1cccc(Oc2ccccc2)c1. The fourth-order valence-corrected chi connectivity index (χ4v) is 4.99. The third-order valence-electron chi connectivity index (χ3n) is 5.00. The average Bonchev–Trinajstić information content (AvgIpc) is 3.34. The van der Waals surface area contributed by atoms with Gasteiger partial charge in [-0.3, -0.25) is 4.79 Å². The second-order valence-corrected chi connectivity index (χ2v) is 7.91. The summed E-state index contributed by atoms with van der Waals surface area (Å²) in [5.74, 6) is 3.25. The molecular weight excluding hydrogens is 330 g/mol. The van der Waals surface area contributed by atoms with E-state index in [4.69, 9.17) is 4.74 Å². The van der Waals surface area contributed by atoms with Crippen LogP contribution >= 0.6 is 11.8 Å². The van der Waals surface area contributed by atoms with Gasteiger partial charge in [0.1, 0.15) is 16.9 Å². The second kappa shape index (κ2) is 7.52. The van der Waals surface area contributed by atoms with Crippen molar-refractivity contribution in [1.82, 2.24) is 4.90 Å². The smallest absolute Gasteiger partial charge is 0.226 e. The number of thioether (sulfide) groups is 1. The van der Waals surface area contributed by atoms with E-state index >= 15 is 0 Å². The number of nitrogens with zero attached hydrogens (tertiary/aromatic N) is 1. The lowest BCUT2D eigenvalue weighted by Gasteiger charge is -2.27. The van der Waals surface area contributed by atoms with Crippen molar-refractivity contribution in [1.29, 1.82) is 0 Å². The van der Waals surface area contributed by atoms with Crippen molar-refractivity contribution < 1.29 is 9.53 Å². The first-order chi connectivity index (χ1) is 12.3. The Morgan fingerprint density at radius 2 is 1.76 bits per heavy atom. The van der Waals surface area contributed by atoms with Gasteiger partial charge < -0.3 is 9.64 Å². The normalized spacial score (nSPS) is 20.8. The van der Waals surface area contributed by atoms with Gasteiger partial charge in [0.25, 0.3) is 0 Å². The van der Waals surface area contributed by atoms with Gasteiger partial charge in [-0.2, -0.15) is 0 Å². The molecule has 1 atom stereocenters. The van der Waals surface area contributed by atoms with Crippen LogP contribution in [0.4, 0.5) is 0 Å². The molecule has 0 aromatic heterocycles. The Balaban J connectivity index is 1.52. The van der Waals surface area contributed by atoms with Gasteiger partial charge in [0.05, 0.1) is 0 Å². The highest BCUT2D eigenvalue weighted by molar-refractivity contribution is 7.99. The Kier molecular flexibility index (Phi) is 4.97. The molecule has 1 amide bonds. The van der Waals surface area contributed by atoms with Gasteiger partial charge in [0.15, 0.2) is 0 Å². The van der Waals surface area contributed by atoms with Crippen LogP contribution in [0.3, 0.4) is 0 Å². The Morgan fingerprint density at radius 3 is 2.56 bits per heavy atom. The minimum absolute atomic E-state index is 0.118. The minimum atomic E-state index is 0.118. The number of hydrogen-bond donors (Lipinski definition) is 0. The molecule has 2 aliphatic rings. The predicted molar refractivity (Wildman–Crippen MR) is 102 cm³/mol. The summed E-state index contributed by atoms with van der Waals surface area (Å²) in [5.41, 5.74) is 1.15. The molecule has 2 aromatic rings. The molecule has 4 rings (SSSR count). The first kappa shape index (κ1) is 16.5. The third kappa shape index (κ3) is 3.69. The van der Waals surface area contributed by atoms with Gasteiger partial charge in [0, 0.05) is 18.2 Å².